The van der Waals surface area contributed by atoms with Gasteiger partial charge in [0, 0.05) is 27.8 Å². The number of allylic oxidation sites excluding steroid dienone is 4. The maximum Gasteiger partial charge on any atom is 0.0483 e. The van der Waals surface area contributed by atoms with E-state index in [4.69, 9.17) is 5.11 Å². The SMILES string of the molecule is CC(C)O.CC1=[C-]C(C)(C)C(C)=C1C.[Ti]. The van der Waals surface area contributed by atoms with Crippen molar-refractivity contribution < 1.29 is 26.8 Å². The van der Waals surface area contributed by atoms with Crippen molar-refractivity contribution in [3.8, 4) is 0 Å². The van der Waals surface area contributed by atoms with E-state index in [1.165, 1.54) is 16.7 Å². The Morgan fingerprint density at radius 2 is 1.47 bits per heavy atom. The Balaban J connectivity index is 0. The minimum Gasteiger partial charge on any atom is -0.394 e. The first-order valence-corrected chi connectivity index (χ1v) is 5.16. The smallest absolute Gasteiger partial charge is 0.0483 e. The van der Waals surface area contributed by atoms with Crippen LogP contribution in [0.5, 0.6) is 0 Å². The van der Waals surface area contributed by atoms with E-state index in [1.54, 1.807) is 13.8 Å². The van der Waals surface area contributed by atoms with Crippen LogP contribution in [0.4, 0.5) is 0 Å². The van der Waals surface area contributed by atoms with E-state index >= 15 is 0 Å². The number of aliphatic hydroxyl groups is 1. The van der Waals surface area contributed by atoms with Crippen LogP contribution in [0, 0.1) is 11.5 Å². The molecule has 0 saturated heterocycles. The fourth-order valence-electron chi connectivity index (χ4n) is 1.41. The molecule has 0 amide bonds. The van der Waals surface area contributed by atoms with Crippen LogP contribution in [0.3, 0.4) is 0 Å². The molecule has 0 radical (unpaired) electrons. The van der Waals surface area contributed by atoms with Crippen molar-refractivity contribution in [1.29, 1.82) is 0 Å². The zero-order valence-corrected chi connectivity index (χ0v) is 12.6. The minimum absolute atomic E-state index is 0. The summed E-state index contributed by atoms with van der Waals surface area (Å²) in [6, 6.07) is 0. The molecule has 0 spiro atoms. The normalized spacial score (nSPS) is 18.1. The average molecular weight is 243 g/mol. The van der Waals surface area contributed by atoms with Gasteiger partial charge in [-0.3, -0.25) is 6.08 Å². The number of hydrogen-bond donors (Lipinski definition) is 1. The second-order valence-corrected chi connectivity index (χ2v) is 4.72. The molecule has 0 aliphatic heterocycles. The Hall–Kier alpha value is 0.154. The summed E-state index contributed by atoms with van der Waals surface area (Å²) < 4.78 is 0. The number of hydrogen-bond acceptors (Lipinski definition) is 1. The molecular weight excluding hydrogens is 220 g/mol. The molecule has 15 heavy (non-hydrogen) atoms. The maximum atomic E-state index is 8.06. The van der Waals surface area contributed by atoms with Gasteiger partial charge in [0.2, 0.25) is 0 Å². The predicted octanol–water partition coefficient (Wildman–Crippen LogP) is 3.50. The molecule has 0 heterocycles. The summed E-state index contributed by atoms with van der Waals surface area (Å²) in [5, 5.41) is 8.06. The van der Waals surface area contributed by atoms with Crippen LogP contribution in [0.1, 0.15) is 48.5 Å². The predicted molar refractivity (Wildman–Crippen MR) is 61.9 cm³/mol. The molecule has 0 saturated carbocycles. The molecule has 1 rings (SSSR count). The van der Waals surface area contributed by atoms with E-state index in [0.29, 0.717) is 0 Å². The monoisotopic (exact) mass is 243 g/mol. The standard InChI is InChI=1S/C10H15.C3H8O.Ti/c1-7-6-10(4,5)9(3)8(7)2;1-3(2)4;/h1-5H3;3-4H,1-2H3;/q-1;;. The average Bonchev–Trinajstić information content (AvgIpc) is 2.13. The molecule has 86 valence electrons. The largest absolute Gasteiger partial charge is 0.394 e. The molecule has 0 unspecified atom stereocenters. The zero-order chi connectivity index (χ0) is 11.5. The zero-order valence-electron chi connectivity index (χ0n) is 11.0. The molecule has 0 aromatic rings. The summed E-state index contributed by atoms with van der Waals surface area (Å²) >= 11 is 0. The Labute approximate surface area is 110 Å². The Morgan fingerprint density at radius 3 is 1.53 bits per heavy atom. The molecule has 0 atom stereocenters. The van der Waals surface area contributed by atoms with Gasteiger partial charge >= 0.3 is 0 Å². The van der Waals surface area contributed by atoms with Gasteiger partial charge in [-0.05, 0) is 13.8 Å². The van der Waals surface area contributed by atoms with Gasteiger partial charge in [-0.2, -0.15) is 11.1 Å². The topological polar surface area (TPSA) is 20.2 Å². The van der Waals surface area contributed by atoms with Gasteiger partial charge in [-0.25, -0.2) is 5.57 Å². The van der Waals surface area contributed by atoms with Gasteiger partial charge < -0.3 is 5.11 Å². The Bertz CT molecular complexity index is 257. The molecule has 0 bridgehead atoms. The third-order valence-corrected chi connectivity index (χ3v) is 2.56. The molecular formula is C13H23OTi-. The third kappa shape index (κ3) is 5.70. The Kier molecular flexibility index (Phi) is 7.81. The summed E-state index contributed by atoms with van der Waals surface area (Å²) in [6.07, 6.45) is 3.27. The van der Waals surface area contributed by atoms with Crippen LogP contribution in [0.2, 0.25) is 0 Å². The van der Waals surface area contributed by atoms with Crippen molar-refractivity contribution in [1.82, 2.24) is 0 Å². The van der Waals surface area contributed by atoms with E-state index < -0.39 is 0 Å². The summed E-state index contributed by atoms with van der Waals surface area (Å²) in [6.45, 7) is 14.4. The summed E-state index contributed by atoms with van der Waals surface area (Å²) in [4.78, 5) is 0. The van der Waals surface area contributed by atoms with Crippen molar-refractivity contribution in [2.75, 3.05) is 0 Å². The van der Waals surface area contributed by atoms with Gasteiger partial charge in [0.15, 0.2) is 0 Å². The van der Waals surface area contributed by atoms with Crippen LogP contribution < -0.4 is 0 Å². The van der Waals surface area contributed by atoms with Gasteiger partial charge in [0.1, 0.15) is 0 Å². The van der Waals surface area contributed by atoms with E-state index in [0.717, 1.165) is 0 Å². The molecule has 1 nitrogen and oxygen atoms in total. The second kappa shape index (κ2) is 6.68. The minimum atomic E-state index is -0.167. The van der Waals surface area contributed by atoms with Crippen LogP contribution in [-0.4, -0.2) is 11.2 Å². The molecule has 1 aliphatic carbocycles. The fourth-order valence-corrected chi connectivity index (χ4v) is 1.41. The number of aliphatic hydroxyl groups excluding tert-OH is 1. The van der Waals surface area contributed by atoms with Crippen LogP contribution in [0.25, 0.3) is 0 Å². The first-order chi connectivity index (χ1) is 6.18. The summed E-state index contributed by atoms with van der Waals surface area (Å²) in [5.41, 5.74) is 4.39. The van der Waals surface area contributed by atoms with Gasteiger partial charge in [-0.15, -0.1) is 6.92 Å². The summed E-state index contributed by atoms with van der Waals surface area (Å²) in [7, 11) is 0. The van der Waals surface area contributed by atoms with E-state index in [-0.39, 0.29) is 33.2 Å². The van der Waals surface area contributed by atoms with E-state index in [2.05, 4.69) is 40.7 Å². The van der Waals surface area contributed by atoms with E-state index in [1.807, 2.05) is 0 Å². The fraction of sp³-hybridized carbons (Fsp3) is 0.692. The van der Waals surface area contributed by atoms with Crippen molar-refractivity contribution in [2.45, 2.75) is 54.6 Å². The Morgan fingerprint density at radius 1 is 1.13 bits per heavy atom. The maximum absolute atomic E-state index is 8.06. The van der Waals surface area contributed by atoms with E-state index in [9.17, 15) is 0 Å². The molecule has 0 fully saturated rings. The van der Waals surface area contributed by atoms with Crippen molar-refractivity contribution >= 4 is 0 Å². The van der Waals surface area contributed by atoms with Crippen LogP contribution in [0.15, 0.2) is 16.7 Å². The molecule has 0 aromatic heterocycles. The van der Waals surface area contributed by atoms with Crippen LogP contribution >= 0.6 is 0 Å². The van der Waals surface area contributed by atoms with Gasteiger partial charge in [0.05, 0.1) is 0 Å². The summed E-state index contributed by atoms with van der Waals surface area (Å²) in [5.74, 6) is 0. The first-order valence-electron chi connectivity index (χ1n) is 5.16. The van der Waals surface area contributed by atoms with Crippen molar-refractivity contribution in [3.05, 3.63) is 22.8 Å². The molecule has 0 aromatic carbocycles. The quantitative estimate of drug-likeness (QED) is 0.510. The van der Waals surface area contributed by atoms with Gasteiger partial charge in [0.25, 0.3) is 0 Å². The second-order valence-electron chi connectivity index (χ2n) is 4.72. The van der Waals surface area contributed by atoms with Crippen molar-refractivity contribution in [2.24, 2.45) is 5.41 Å². The van der Waals surface area contributed by atoms with Gasteiger partial charge in [-0.1, -0.05) is 33.1 Å². The van der Waals surface area contributed by atoms with Crippen LogP contribution in [-0.2, 0) is 21.7 Å². The van der Waals surface area contributed by atoms with Crippen molar-refractivity contribution in [3.63, 3.8) is 0 Å². The molecule has 1 N–H and O–H groups in total. The third-order valence-electron chi connectivity index (χ3n) is 2.56. The molecule has 1 aliphatic rings. The number of rotatable bonds is 0. The first kappa shape index (κ1) is 17.5. The molecule has 2 heteroatoms.